The van der Waals surface area contributed by atoms with Gasteiger partial charge in [0, 0.05) is 19.0 Å². The summed E-state index contributed by atoms with van der Waals surface area (Å²) in [4.78, 5) is 15.0. The van der Waals surface area contributed by atoms with Gasteiger partial charge in [0.15, 0.2) is 5.78 Å². The van der Waals surface area contributed by atoms with Crippen LogP contribution in [0.5, 0.6) is 0 Å². The third-order valence-electron chi connectivity index (χ3n) is 3.23. The molecule has 0 aliphatic carbocycles. The highest BCUT2D eigenvalue weighted by molar-refractivity contribution is 7.18. The van der Waals surface area contributed by atoms with Crippen LogP contribution in [0.2, 0.25) is 0 Å². The van der Waals surface area contributed by atoms with Gasteiger partial charge in [-0.1, -0.05) is 13.8 Å². The smallest absolute Gasteiger partial charge is 0.177 e. The van der Waals surface area contributed by atoms with Crippen LogP contribution < -0.4 is 10.6 Å². The molecule has 0 saturated carbocycles. The van der Waals surface area contributed by atoms with Crippen molar-refractivity contribution >= 4 is 27.8 Å². The minimum Gasteiger partial charge on any atom is -0.397 e. The Kier molecular flexibility index (Phi) is 4.16. The summed E-state index contributed by atoms with van der Waals surface area (Å²) < 4.78 is 5.73. The minimum absolute atomic E-state index is 0.0173. The molecule has 2 N–H and O–H groups in total. The normalized spacial score (nSPS) is 23.9. The van der Waals surface area contributed by atoms with E-state index in [0.29, 0.717) is 10.6 Å². The van der Waals surface area contributed by atoms with Crippen LogP contribution in [0.1, 0.15) is 37.4 Å². The second kappa shape index (κ2) is 5.51. The quantitative estimate of drug-likeness (QED) is 0.866. The lowest BCUT2D eigenvalue weighted by Gasteiger charge is -2.35. The summed E-state index contributed by atoms with van der Waals surface area (Å²) >= 11 is 1.50. The highest BCUT2D eigenvalue weighted by Crippen LogP contribution is 2.35. The van der Waals surface area contributed by atoms with Crippen LogP contribution in [0.15, 0.2) is 6.07 Å². The third-order valence-corrected chi connectivity index (χ3v) is 4.45. The number of Topliss-reactive ketones (excluding diaryl/α,β-unsaturated/α-hetero) is 1. The maximum Gasteiger partial charge on any atom is 0.177 e. The van der Waals surface area contributed by atoms with Crippen molar-refractivity contribution < 1.29 is 9.53 Å². The molecule has 0 unspecified atom stereocenters. The molecular weight excluding hydrogens is 260 g/mol. The van der Waals surface area contributed by atoms with Crippen LogP contribution in [-0.2, 0) is 4.74 Å². The number of ketones is 1. The molecule has 1 aromatic heterocycles. The van der Waals surface area contributed by atoms with Crippen molar-refractivity contribution in [1.29, 1.82) is 0 Å². The Hall–Kier alpha value is -1.07. The summed E-state index contributed by atoms with van der Waals surface area (Å²) in [5.41, 5.74) is 6.59. The Balaban J connectivity index is 2.22. The van der Waals surface area contributed by atoms with Crippen molar-refractivity contribution in [1.82, 2.24) is 0 Å². The molecule has 1 aromatic rings. The van der Waals surface area contributed by atoms with E-state index in [9.17, 15) is 4.79 Å². The topological polar surface area (TPSA) is 55.6 Å². The molecule has 0 spiro atoms. The van der Waals surface area contributed by atoms with Gasteiger partial charge in [-0.15, -0.1) is 11.3 Å². The summed E-state index contributed by atoms with van der Waals surface area (Å²) in [5.74, 6) is 0.111. The maximum absolute atomic E-state index is 12.1. The second-order valence-corrected chi connectivity index (χ2v) is 6.58. The molecule has 2 atom stereocenters. The molecule has 0 amide bonds. The summed E-state index contributed by atoms with van der Waals surface area (Å²) in [6.07, 6.45) is 0.410. The molecule has 106 valence electrons. The molecule has 2 rings (SSSR count). The van der Waals surface area contributed by atoms with Gasteiger partial charge in [0.25, 0.3) is 0 Å². The zero-order chi connectivity index (χ0) is 14.2. The number of nitrogen functional groups attached to an aromatic ring is 1. The van der Waals surface area contributed by atoms with Gasteiger partial charge in [0.05, 0.1) is 27.8 Å². The molecule has 1 fully saturated rings. The molecular formula is C14H22N2O2S. The molecule has 19 heavy (non-hydrogen) atoms. The van der Waals surface area contributed by atoms with Gasteiger partial charge in [-0.05, 0) is 19.9 Å². The summed E-state index contributed by atoms with van der Waals surface area (Å²) in [6.45, 7) is 9.64. The average molecular weight is 282 g/mol. The zero-order valence-electron chi connectivity index (χ0n) is 12.0. The minimum atomic E-state index is -0.0173. The monoisotopic (exact) mass is 282 g/mol. The number of morpholine rings is 1. The van der Waals surface area contributed by atoms with Gasteiger partial charge in [-0.3, -0.25) is 4.79 Å². The van der Waals surface area contributed by atoms with Crippen LogP contribution in [-0.4, -0.2) is 31.1 Å². The van der Waals surface area contributed by atoms with E-state index in [1.54, 1.807) is 0 Å². The van der Waals surface area contributed by atoms with Crippen LogP contribution in [0.25, 0.3) is 0 Å². The van der Waals surface area contributed by atoms with Gasteiger partial charge >= 0.3 is 0 Å². The second-order valence-electron chi connectivity index (χ2n) is 5.55. The first-order chi connectivity index (χ1) is 8.88. The van der Waals surface area contributed by atoms with Crippen molar-refractivity contribution in [2.45, 2.75) is 39.9 Å². The summed E-state index contributed by atoms with van der Waals surface area (Å²) in [5, 5.41) is 1.07. The predicted molar refractivity (Wildman–Crippen MR) is 80.1 cm³/mol. The molecule has 0 bridgehead atoms. The van der Waals surface area contributed by atoms with E-state index in [0.717, 1.165) is 18.1 Å². The summed E-state index contributed by atoms with van der Waals surface area (Å²) in [7, 11) is 0. The predicted octanol–water partition coefficient (Wildman–Crippen LogP) is 2.78. The molecule has 1 aliphatic heterocycles. The third kappa shape index (κ3) is 3.09. The highest BCUT2D eigenvalue weighted by Gasteiger charge is 2.25. The largest absolute Gasteiger partial charge is 0.397 e. The zero-order valence-corrected chi connectivity index (χ0v) is 12.8. The van der Waals surface area contributed by atoms with E-state index in [-0.39, 0.29) is 23.9 Å². The Morgan fingerprint density at radius 1 is 1.42 bits per heavy atom. The first kappa shape index (κ1) is 14.3. The van der Waals surface area contributed by atoms with E-state index < -0.39 is 0 Å². The molecule has 1 saturated heterocycles. The Labute approximate surface area is 118 Å². The van der Waals surface area contributed by atoms with Crippen molar-refractivity contribution in [3.8, 4) is 0 Å². The first-order valence-corrected chi connectivity index (χ1v) is 7.54. The molecule has 0 radical (unpaired) electrons. The fourth-order valence-electron chi connectivity index (χ4n) is 2.36. The molecule has 0 aromatic carbocycles. The Morgan fingerprint density at radius 2 is 2.00 bits per heavy atom. The van der Waals surface area contributed by atoms with Gasteiger partial charge < -0.3 is 15.4 Å². The number of carbonyl (C=O) groups is 1. The average Bonchev–Trinajstić information content (AvgIpc) is 2.69. The molecule has 5 heteroatoms. The van der Waals surface area contributed by atoms with E-state index in [1.807, 2.05) is 19.9 Å². The molecule has 4 nitrogen and oxygen atoms in total. The van der Waals surface area contributed by atoms with Crippen molar-refractivity contribution in [3.63, 3.8) is 0 Å². The number of hydrogen-bond acceptors (Lipinski definition) is 5. The number of carbonyl (C=O) groups excluding carboxylic acids is 1. The number of ether oxygens (including phenoxy) is 1. The maximum atomic E-state index is 12.1. The highest BCUT2D eigenvalue weighted by atomic mass is 32.1. The van der Waals surface area contributed by atoms with Crippen LogP contribution in [0.4, 0.5) is 10.7 Å². The summed E-state index contributed by atoms with van der Waals surface area (Å²) in [6, 6.07) is 1.92. The number of anilines is 2. The fourth-order valence-corrected chi connectivity index (χ4v) is 3.55. The van der Waals surface area contributed by atoms with E-state index >= 15 is 0 Å². The van der Waals surface area contributed by atoms with Crippen LogP contribution in [0, 0.1) is 5.92 Å². The van der Waals surface area contributed by atoms with Gasteiger partial charge in [-0.25, -0.2) is 0 Å². The Morgan fingerprint density at radius 3 is 2.53 bits per heavy atom. The number of rotatable bonds is 3. The van der Waals surface area contributed by atoms with Gasteiger partial charge in [0.1, 0.15) is 0 Å². The SMILES string of the molecule is CC(C)C(=O)c1sc(N2C[C@@H](C)O[C@@H](C)C2)cc1N. The Bertz CT molecular complexity index is 460. The van der Waals surface area contributed by atoms with Crippen molar-refractivity contribution in [2.75, 3.05) is 23.7 Å². The van der Waals surface area contributed by atoms with Crippen LogP contribution in [0.3, 0.4) is 0 Å². The molecule has 2 heterocycles. The molecule has 1 aliphatic rings. The number of thiophene rings is 1. The number of nitrogens with two attached hydrogens (primary N) is 1. The van der Waals surface area contributed by atoms with Gasteiger partial charge in [0.2, 0.25) is 0 Å². The first-order valence-electron chi connectivity index (χ1n) is 6.72. The number of nitrogens with zero attached hydrogens (tertiary/aromatic N) is 1. The lowest BCUT2D eigenvalue weighted by atomic mass is 10.1. The lowest BCUT2D eigenvalue weighted by molar-refractivity contribution is -0.00500. The number of hydrogen-bond donors (Lipinski definition) is 1. The fraction of sp³-hybridized carbons (Fsp3) is 0.643. The van der Waals surface area contributed by atoms with E-state index in [4.69, 9.17) is 10.5 Å². The van der Waals surface area contributed by atoms with E-state index in [2.05, 4.69) is 18.7 Å². The van der Waals surface area contributed by atoms with E-state index in [1.165, 1.54) is 11.3 Å². The van der Waals surface area contributed by atoms with Gasteiger partial charge in [-0.2, -0.15) is 0 Å². The van der Waals surface area contributed by atoms with Crippen LogP contribution >= 0.6 is 11.3 Å². The standard InChI is InChI=1S/C14H22N2O2S/c1-8(2)13(17)14-11(15)5-12(19-14)16-6-9(3)18-10(4)7-16/h5,8-10H,6-7,15H2,1-4H3/t9-,10+. The van der Waals surface area contributed by atoms with Crippen molar-refractivity contribution in [3.05, 3.63) is 10.9 Å². The van der Waals surface area contributed by atoms with Crippen molar-refractivity contribution in [2.24, 2.45) is 5.92 Å². The lowest BCUT2D eigenvalue weighted by Crippen LogP contribution is -2.45.